The zero-order valence-corrected chi connectivity index (χ0v) is 9.99. The van der Waals surface area contributed by atoms with E-state index in [9.17, 15) is 9.59 Å². The summed E-state index contributed by atoms with van der Waals surface area (Å²) in [6.07, 6.45) is 0. The van der Waals surface area contributed by atoms with Gasteiger partial charge in [-0.25, -0.2) is 4.68 Å². The van der Waals surface area contributed by atoms with Crippen molar-refractivity contribution in [1.29, 1.82) is 0 Å². The van der Waals surface area contributed by atoms with Crippen LogP contribution in [0.1, 0.15) is 16.1 Å². The molecule has 1 N–H and O–H groups in total. The number of aromatic amines is 1. The molecule has 88 valence electrons. The number of H-pyrrole nitrogens is 1. The summed E-state index contributed by atoms with van der Waals surface area (Å²) in [7, 11) is 0. The van der Waals surface area contributed by atoms with Gasteiger partial charge in [-0.15, -0.1) is 11.6 Å². The van der Waals surface area contributed by atoms with E-state index in [1.807, 2.05) is 18.2 Å². The number of aromatic nitrogens is 2. The number of nitrogens with one attached hydrogen (secondary N) is 1. The highest BCUT2D eigenvalue weighted by Gasteiger charge is 2.18. The van der Waals surface area contributed by atoms with Gasteiger partial charge in [0.2, 0.25) is 0 Å². The highest BCUT2D eigenvalue weighted by atomic mass is 35.5. The number of alkyl halides is 1. The van der Waals surface area contributed by atoms with Gasteiger partial charge in [0.05, 0.1) is 11.6 Å². The van der Waals surface area contributed by atoms with Crippen LogP contribution in [0, 0.1) is 6.92 Å². The lowest BCUT2D eigenvalue weighted by Gasteiger charge is -1.99. The van der Waals surface area contributed by atoms with E-state index in [1.165, 1.54) is 4.68 Å². The summed E-state index contributed by atoms with van der Waals surface area (Å²) in [6.45, 7) is 1.68. The molecule has 17 heavy (non-hydrogen) atoms. The average Bonchev–Trinajstić information content (AvgIpc) is 2.65. The van der Waals surface area contributed by atoms with Crippen LogP contribution in [0.15, 0.2) is 35.1 Å². The summed E-state index contributed by atoms with van der Waals surface area (Å²) >= 11 is 5.47. The second-order valence-electron chi connectivity index (χ2n) is 3.64. The van der Waals surface area contributed by atoms with Crippen molar-refractivity contribution in [2.24, 2.45) is 0 Å². The highest BCUT2D eigenvalue weighted by Crippen LogP contribution is 2.07. The van der Waals surface area contributed by atoms with Crippen molar-refractivity contribution in [3.63, 3.8) is 0 Å². The van der Waals surface area contributed by atoms with Crippen molar-refractivity contribution in [2.45, 2.75) is 6.92 Å². The fraction of sp³-hybridized carbons (Fsp3) is 0.167. The quantitative estimate of drug-likeness (QED) is 0.668. The Kier molecular flexibility index (Phi) is 3.15. The van der Waals surface area contributed by atoms with Crippen LogP contribution in [0.4, 0.5) is 0 Å². The zero-order chi connectivity index (χ0) is 12.4. The molecule has 0 aliphatic rings. The van der Waals surface area contributed by atoms with Gasteiger partial charge in [-0.05, 0) is 19.1 Å². The maximum atomic E-state index is 12.0. The number of carbonyl (C=O) groups is 1. The predicted molar refractivity (Wildman–Crippen MR) is 66.2 cm³/mol. The van der Waals surface area contributed by atoms with Gasteiger partial charge < -0.3 is 0 Å². The minimum Gasteiger partial charge on any atom is -0.295 e. The first-order valence-corrected chi connectivity index (χ1v) is 5.65. The number of benzene rings is 1. The lowest BCUT2D eigenvalue weighted by Crippen LogP contribution is -2.20. The number of halogens is 1. The first kappa shape index (κ1) is 11.7. The molecule has 0 unspecified atom stereocenters. The van der Waals surface area contributed by atoms with Gasteiger partial charge in [-0.2, -0.15) is 0 Å². The van der Waals surface area contributed by atoms with Crippen molar-refractivity contribution in [2.75, 3.05) is 5.88 Å². The largest absolute Gasteiger partial charge is 0.295 e. The Bertz CT molecular complexity index is 599. The molecule has 1 aromatic carbocycles. The van der Waals surface area contributed by atoms with Crippen LogP contribution in [0.2, 0.25) is 0 Å². The highest BCUT2D eigenvalue weighted by molar-refractivity contribution is 6.30. The molecule has 4 nitrogen and oxygen atoms in total. The second kappa shape index (κ2) is 4.59. The lowest BCUT2D eigenvalue weighted by atomic mass is 10.2. The molecule has 1 aromatic heterocycles. The first-order valence-electron chi connectivity index (χ1n) is 5.11. The fourth-order valence-electron chi connectivity index (χ4n) is 1.70. The molecule has 0 fully saturated rings. The van der Waals surface area contributed by atoms with Gasteiger partial charge in [-0.3, -0.25) is 14.7 Å². The number of para-hydroxylation sites is 1. The Hall–Kier alpha value is -1.81. The molecule has 0 saturated carbocycles. The minimum absolute atomic E-state index is 0.129. The Balaban J connectivity index is 2.60. The Labute approximate surface area is 103 Å². The van der Waals surface area contributed by atoms with E-state index in [2.05, 4.69) is 5.10 Å². The normalized spacial score (nSPS) is 10.5. The number of nitrogens with zero attached hydrogens (tertiary/aromatic N) is 1. The van der Waals surface area contributed by atoms with Gasteiger partial charge in [0.15, 0.2) is 5.78 Å². The van der Waals surface area contributed by atoms with Gasteiger partial charge in [-0.1, -0.05) is 18.2 Å². The number of ketones is 1. The fourth-order valence-corrected chi connectivity index (χ4v) is 1.83. The van der Waals surface area contributed by atoms with E-state index < -0.39 is 0 Å². The third-order valence-corrected chi connectivity index (χ3v) is 2.73. The van der Waals surface area contributed by atoms with Gasteiger partial charge in [0.1, 0.15) is 5.56 Å². The SMILES string of the molecule is Cc1[nH]n(-c2ccccc2)c(=O)c1C(=O)CCl. The van der Waals surface area contributed by atoms with Gasteiger partial charge >= 0.3 is 0 Å². The van der Waals surface area contributed by atoms with Crippen LogP contribution >= 0.6 is 11.6 Å². The van der Waals surface area contributed by atoms with Gasteiger partial charge in [0, 0.05) is 5.69 Å². The molecule has 0 atom stereocenters. The minimum atomic E-state index is -0.362. The third-order valence-electron chi connectivity index (χ3n) is 2.49. The smallest absolute Gasteiger partial charge is 0.282 e. The Morgan fingerprint density at radius 1 is 1.35 bits per heavy atom. The molecule has 0 amide bonds. The van der Waals surface area contributed by atoms with Crippen LogP contribution in [0.3, 0.4) is 0 Å². The molecule has 2 rings (SSSR count). The molecule has 0 aliphatic carbocycles. The maximum Gasteiger partial charge on any atom is 0.282 e. The van der Waals surface area contributed by atoms with Crippen LogP contribution in [-0.4, -0.2) is 21.4 Å². The first-order chi connectivity index (χ1) is 8.15. The summed E-state index contributed by atoms with van der Waals surface area (Å²) in [6, 6.07) is 9.07. The van der Waals surface area contributed by atoms with Crippen molar-refractivity contribution >= 4 is 17.4 Å². The van der Waals surface area contributed by atoms with E-state index in [4.69, 9.17) is 11.6 Å². The van der Waals surface area contributed by atoms with E-state index in [0.717, 1.165) is 0 Å². The predicted octanol–water partition coefficient (Wildman–Crippen LogP) is 1.90. The molecule has 0 bridgehead atoms. The summed E-state index contributed by atoms with van der Waals surface area (Å²) in [5, 5.41) is 2.87. The average molecular weight is 251 g/mol. The van der Waals surface area contributed by atoms with Crippen molar-refractivity contribution in [1.82, 2.24) is 9.78 Å². The Morgan fingerprint density at radius 3 is 2.59 bits per heavy atom. The number of hydrogen-bond donors (Lipinski definition) is 1. The summed E-state index contributed by atoms with van der Waals surface area (Å²) < 4.78 is 1.34. The number of rotatable bonds is 3. The van der Waals surface area contributed by atoms with Crippen LogP contribution in [0.25, 0.3) is 5.69 Å². The van der Waals surface area contributed by atoms with Crippen molar-refractivity contribution < 1.29 is 4.79 Å². The number of hydrogen-bond acceptors (Lipinski definition) is 2. The van der Waals surface area contributed by atoms with Crippen molar-refractivity contribution in [3.8, 4) is 5.69 Å². The monoisotopic (exact) mass is 250 g/mol. The maximum absolute atomic E-state index is 12.0. The zero-order valence-electron chi connectivity index (χ0n) is 9.24. The van der Waals surface area contributed by atoms with Crippen LogP contribution in [-0.2, 0) is 0 Å². The molecule has 0 spiro atoms. The van der Waals surface area contributed by atoms with E-state index in [-0.39, 0.29) is 22.8 Å². The standard InChI is InChI=1S/C12H11ClN2O2/c1-8-11(10(16)7-13)12(17)15(14-8)9-5-3-2-4-6-9/h2-6,14H,7H2,1H3. The Morgan fingerprint density at radius 2 is 2.00 bits per heavy atom. The molecule has 0 radical (unpaired) electrons. The van der Waals surface area contributed by atoms with Crippen LogP contribution in [0.5, 0.6) is 0 Å². The van der Waals surface area contributed by atoms with E-state index in [1.54, 1.807) is 19.1 Å². The number of Topliss-reactive ketones (excluding diaryl/α,β-unsaturated/α-hetero) is 1. The summed E-state index contributed by atoms with van der Waals surface area (Å²) in [5.41, 5.74) is 0.988. The molecule has 5 heteroatoms. The number of aryl methyl sites for hydroxylation is 1. The second-order valence-corrected chi connectivity index (χ2v) is 3.91. The molecular formula is C12H11ClN2O2. The molecule has 2 aromatic rings. The topological polar surface area (TPSA) is 54.9 Å². The van der Waals surface area contributed by atoms with Gasteiger partial charge in [0.25, 0.3) is 5.56 Å². The molecule has 0 aliphatic heterocycles. The number of carbonyl (C=O) groups excluding carboxylic acids is 1. The van der Waals surface area contributed by atoms with Crippen molar-refractivity contribution in [3.05, 3.63) is 51.9 Å². The molecular weight excluding hydrogens is 240 g/mol. The molecule has 0 saturated heterocycles. The third kappa shape index (κ3) is 2.03. The van der Waals surface area contributed by atoms with Crippen LogP contribution < -0.4 is 5.56 Å². The van der Waals surface area contributed by atoms with E-state index >= 15 is 0 Å². The lowest BCUT2D eigenvalue weighted by molar-refractivity contribution is 0.101. The van der Waals surface area contributed by atoms with E-state index in [0.29, 0.717) is 11.4 Å². The summed E-state index contributed by atoms with van der Waals surface area (Å²) in [4.78, 5) is 23.6. The molecule has 1 heterocycles. The summed E-state index contributed by atoms with van der Waals surface area (Å²) in [5.74, 6) is -0.553.